The Morgan fingerprint density at radius 3 is 1.77 bits per heavy atom. The molecule has 4 aliphatic carbocycles. The highest BCUT2D eigenvalue weighted by molar-refractivity contribution is 5.89. The molecule has 1 N–H and O–H groups in total. The Balaban J connectivity index is 0.000000196. The van der Waals surface area contributed by atoms with Crippen molar-refractivity contribution in [3.05, 3.63) is 24.3 Å². The van der Waals surface area contributed by atoms with Crippen molar-refractivity contribution in [2.75, 3.05) is 13.9 Å². The summed E-state index contributed by atoms with van der Waals surface area (Å²) < 4.78 is 199. The normalized spacial score (nSPS) is 30.9. The van der Waals surface area contributed by atoms with E-state index < -0.39 is 90.7 Å². The minimum atomic E-state index is -5.70. The predicted molar refractivity (Wildman–Crippen MR) is 128 cm³/mol. The molecule has 5 nitrogen and oxygen atoms in total. The molecule has 3 saturated carbocycles. The van der Waals surface area contributed by atoms with Gasteiger partial charge in [0.05, 0.1) is 6.10 Å². The molecular formula is C27H29F15O5. The van der Waals surface area contributed by atoms with Crippen LogP contribution in [0, 0.1) is 35.5 Å². The highest BCUT2D eigenvalue weighted by Gasteiger charge is 2.86. The molecule has 0 aromatic heterocycles. The fourth-order valence-corrected chi connectivity index (χ4v) is 7.08. The molecule has 272 valence electrons. The van der Waals surface area contributed by atoms with Gasteiger partial charge >= 0.3 is 36.9 Å². The maximum absolute atomic E-state index is 12.8. The van der Waals surface area contributed by atoms with Gasteiger partial charge in [-0.15, -0.1) is 0 Å². The van der Waals surface area contributed by atoms with Crippen molar-refractivity contribution >= 4 is 5.97 Å². The van der Waals surface area contributed by atoms with E-state index in [1.54, 1.807) is 6.08 Å². The van der Waals surface area contributed by atoms with E-state index in [1.807, 2.05) is 6.08 Å². The van der Waals surface area contributed by atoms with E-state index in [0.717, 1.165) is 0 Å². The Bertz CT molecular complexity index is 1140. The van der Waals surface area contributed by atoms with Gasteiger partial charge in [0.25, 0.3) is 11.2 Å². The van der Waals surface area contributed by atoms with Crippen molar-refractivity contribution < 1.29 is 90.0 Å². The summed E-state index contributed by atoms with van der Waals surface area (Å²) in [6.07, 6.45) is -23.1. The fraction of sp³-hybridized carbons (Fsp3) is 0.815. The number of carbonyl (C=O) groups is 1. The molecular weight excluding hydrogens is 689 g/mol. The first-order chi connectivity index (χ1) is 21.1. The van der Waals surface area contributed by atoms with E-state index in [9.17, 15) is 70.7 Å². The fourth-order valence-electron chi connectivity index (χ4n) is 7.08. The molecule has 47 heavy (non-hydrogen) atoms. The molecule has 4 fully saturated rings. The molecule has 1 saturated heterocycles. The van der Waals surface area contributed by atoms with Gasteiger partial charge < -0.3 is 19.3 Å². The zero-order valence-electron chi connectivity index (χ0n) is 24.1. The van der Waals surface area contributed by atoms with Crippen LogP contribution in [0.3, 0.4) is 0 Å². The Kier molecular flexibility index (Phi) is 10.8. The second-order valence-corrected chi connectivity index (χ2v) is 12.1. The van der Waals surface area contributed by atoms with Crippen molar-refractivity contribution in [2.24, 2.45) is 35.5 Å². The van der Waals surface area contributed by atoms with Crippen LogP contribution in [0.2, 0.25) is 0 Å². The summed E-state index contributed by atoms with van der Waals surface area (Å²) in [5, 5.41) is 9.10. The Morgan fingerprint density at radius 2 is 1.38 bits per heavy atom. The van der Waals surface area contributed by atoms with Crippen LogP contribution in [-0.2, 0) is 19.0 Å². The summed E-state index contributed by atoms with van der Waals surface area (Å²) >= 11 is 0. The lowest BCUT2D eigenvalue weighted by Crippen LogP contribution is -2.75. The van der Waals surface area contributed by atoms with E-state index in [-0.39, 0.29) is 24.2 Å². The number of ether oxygens (including phenoxy) is 3. The number of carbonyl (C=O) groups excluding carboxylic acids is 1. The number of hydrogen-bond acceptors (Lipinski definition) is 5. The molecule has 1 aliphatic heterocycles. The lowest BCUT2D eigenvalue weighted by Gasteiger charge is -2.56. The van der Waals surface area contributed by atoms with Crippen molar-refractivity contribution in [1.82, 2.24) is 0 Å². The van der Waals surface area contributed by atoms with Crippen molar-refractivity contribution in [3.8, 4) is 0 Å². The third kappa shape index (κ3) is 7.38. The molecule has 7 unspecified atom stereocenters. The third-order valence-corrected chi connectivity index (χ3v) is 9.28. The molecule has 0 spiro atoms. The van der Waals surface area contributed by atoms with Crippen LogP contribution in [-0.4, -0.2) is 73.2 Å². The molecule has 4 bridgehead atoms. The lowest BCUT2D eigenvalue weighted by molar-refractivity contribution is -0.470. The zero-order chi connectivity index (χ0) is 36.2. The number of hydrogen-bond donors (Lipinski definition) is 1. The Labute approximate surface area is 257 Å². The molecule has 5 rings (SSSR count). The van der Waals surface area contributed by atoms with Crippen LogP contribution < -0.4 is 0 Å². The van der Waals surface area contributed by atoms with Gasteiger partial charge in [-0.2, -0.15) is 65.9 Å². The number of esters is 1. The maximum Gasteiger partial charge on any atom is 0.426 e. The summed E-state index contributed by atoms with van der Waals surface area (Å²) in [6, 6.07) is 0. The van der Waals surface area contributed by atoms with Crippen molar-refractivity contribution in [1.29, 1.82) is 0 Å². The zero-order valence-corrected chi connectivity index (χ0v) is 24.1. The van der Waals surface area contributed by atoms with Crippen LogP contribution in [0.1, 0.15) is 38.5 Å². The summed E-state index contributed by atoms with van der Waals surface area (Å²) in [5.41, 5.74) is -10.0. The summed E-state index contributed by atoms with van der Waals surface area (Å²) in [5.74, 6) is -4.50. The minimum Gasteiger partial charge on any atom is -0.435 e. The summed E-state index contributed by atoms with van der Waals surface area (Å²) in [4.78, 5) is 10.4. The second kappa shape index (κ2) is 12.9. The molecule has 0 aromatic rings. The Morgan fingerprint density at radius 1 is 0.851 bits per heavy atom. The summed E-state index contributed by atoms with van der Waals surface area (Å²) in [6.45, 7) is 2.00. The predicted octanol–water partition coefficient (Wildman–Crippen LogP) is 7.99. The molecule has 20 heteroatoms. The van der Waals surface area contributed by atoms with Gasteiger partial charge in [0.2, 0.25) is 0 Å². The van der Waals surface area contributed by atoms with Gasteiger partial charge in [-0.25, -0.2) is 4.79 Å². The van der Waals surface area contributed by atoms with Gasteiger partial charge in [-0.3, -0.25) is 0 Å². The number of methoxy groups -OCH3 is 1. The number of aliphatic hydroxyl groups is 1. The van der Waals surface area contributed by atoms with Crippen LogP contribution in [0.4, 0.5) is 65.9 Å². The maximum atomic E-state index is 12.8. The standard InChI is InChI=1S/C11H12F6O.C10H10F6O.C6H7F3O3/c12-10(13,14)9(18,11(15,16)17)5-8-4-6-1-2-7(8)3-6;11-9(12,13)8(10(14,15)16)6-4-1-2-5(3-4)7(6)17-8;1-4(6(7,8)9)5(10)12-3-11-2/h1-2,6-8,18H,3-5H2;4-7H,1-3H2;1,3H2,2H3. The smallest absolute Gasteiger partial charge is 0.426 e. The number of halogens is 15. The third-order valence-electron chi connectivity index (χ3n) is 9.28. The van der Waals surface area contributed by atoms with Gasteiger partial charge in [0.15, 0.2) is 6.79 Å². The minimum absolute atomic E-state index is 0.0608. The lowest BCUT2D eigenvalue weighted by atomic mass is 9.68. The average Bonchev–Trinajstić information content (AvgIpc) is 3.65. The molecule has 0 radical (unpaired) electrons. The highest BCUT2D eigenvalue weighted by atomic mass is 19.4. The first-order valence-corrected chi connectivity index (χ1v) is 13.9. The van der Waals surface area contributed by atoms with E-state index in [1.165, 1.54) is 7.11 Å². The summed E-state index contributed by atoms with van der Waals surface area (Å²) in [7, 11) is 1.18. The largest absolute Gasteiger partial charge is 0.435 e. The SMILES string of the molecule is C=C(C(=O)OCOC)C(F)(F)F.FC(F)(F)C1(C(F)(F)F)OC2C3CCC(C3)C21.OC(CC1CC2C=CC1C2)(C(F)(F)F)C(F)(F)F. The topological polar surface area (TPSA) is 65.0 Å². The number of fused-ring (bicyclic) bond motifs is 7. The first-order valence-electron chi connectivity index (χ1n) is 13.9. The number of allylic oxidation sites excluding steroid dienone is 2. The molecule has 5 aliphatic rings. The van der Waals surface area contributed by atoms with Gasteiger partial charge in [0, 0.05) is 13.0 Å². The van der Waals surface area contributed by atoms with E-state index in [2.05, 4.69) is 20.8 Å². The van der Waals surface area contributed by atoms with E-state index >= 15 is 0 Å². The van der Waals surface area contributed by atoms with Crippen molar-refractivity contribution in [2.45, 2.75) is 86.7 Å². The van der Waals surface area contributed by atoms with Gasteiger partial charge in [-0.1, -0.05) is 18.7 Å². The van der Waals surface area contributed by atoms with Gasteiger partial charge in [0.1, 0.15) is 5.57 Å². The number of alkyl halides is 15. The first kappa shape index (κ1) is 39.2. The second-order valence-electron chi connectivity index (χ2n) is 12.1. The Hall–Kier alpha value is -2.22. The van der Waals surface area contributed by atoms with Crippen LogP contribution in [0.5, 0.6) is 0 Å². The van der Waals surface area contributed by atoms with E-state index in [4.69, 9.17) is 5.11 Å². The van der Waals surface area contributed by atoms with Crippen LogP contribution in [0.25, 0.3) is 0 Å². The monoisotopic (exact) mass is 718 g/mol. The number of rotatable bonds is 5. The van der Waals surface area contributed by atoms with Gasteiger partial charge in [-0.05, 0) is 68.1 Å². The van der Waals surface area contributed by atoms with Crippen molar-refractivity contribution in [3.63, 3.8) is 0 Å². The molecule has 1 heterocycles. The molecule has 7 atom stereocenters. The van der Waals surface area contributed by atoms with Crippen LogP contribution in [0.15, 0.2) is 24.3 Å². The van der Waals surface area contributed by atoms with Crippen LogP contribution >= 0.6 is 0 Å². The molecule has 0 aromatic carbocycles. The highest BCUT2D eigenvalue weighted by Crippen LogP contribution is 2.69. The quantitative estimate of drug-likeness (QED) is 0.103. The molecule has 0 amide bonds. The van der Waals surface area contributed by atoms with E-state index in [0.29, 0.717) is 25.7 Å². The average molecular weight is 718 g/mol.